The minimum Gasteiger partial charge on any atom is -0.196 e. The molecule has 0 spiro atoms. The summed E-state index contributed by atoms with van der Waals surface area (Å²) in [7, 11) is 0. The van der Waals surface area contributed by atoms with Gasteiger partial charge in [-0.15, -0.1) is 15.3 Å². The van der Waals surface area contributed by atoms with Crippen LogP contribution in [0, 0.1) is 0 Å². The Labute approximate surface area is 149 Å². The average molecular weight is 410 g/mol. The summed E-state index contributed by atoms with van der Waals surface area (Å²) in [5, 5.41) is 11.8. The molecule has 3 aromatic rings. The molecule has 0 bridgehead atoms. The van der Waals surface area contributed by atoms with Gasteiger partial charge in [-0.05, 0) is 52.4 Å². The SMILES string of the molecule is FC(F)(F)c1nc(Br)n(-c2cc3c(nn2)-c2ccccc2CCC3)n1. The summed E-state index contributed by atoms with van der Waals surface area (Å²) in [6, 6.07) is 9.69. The van der Waals surface area contributed by atoms with E-state index in [1.54, 1.807) is 6.07 Å². The van der Waals surface area contributed by atoms with Gasteiger partial charge in [0.25, 0.3) is 5.82 Å². The minimum absolute atomic E-state index is 0.0666. The van der Waals surface area contributed by atoms with Crippen molar-refractivity contribution in [2.45, 2.75) is 25.4 Å². The maximum atomic E-state index is 12.8. The fourth-order valence-corrected chi connectivity index (χ4v) is 3.37. The molecule has 0 aliphatic heterocycles. The van der Waals surface area contributed by atoms with E-state index in [-0.39, 0.29) is 10.6 Å². The van der Waals surface area contributed by atoms with Crippen molar-refractivity contribution in [1.29, 1.82) is 0 Å². The highest BCUT2D eigenvalue weighted by Gasteiger charge is 2.37. The second-order valence-electron chi connectivity index (χ2n) is 5.70. The van der Waals surface area contributed by atoms with E-state index in [4.69, 9.17) is 0 Å². The molecule has 0 radical (unpaired) electrons. The van der Waals surface area contributed by atoms with Gasteiger partial charge in [0, 0.05) is 5.56 Å². The van der Waals surface area contributed by atoms with Crippen LogP contribution in [-0.2, 0) is 19.0 Å². The highest BCUT2D eigenvalue weighted by molar-refractivity contribution is 9.10. The summed E-state index contributed by atoms with van der Waals surface area (Å²) in [5.41, 5.74) is 3.92. The molecule has 1 aliphatic rings. The first-order valence-corrected chi connectivity index (χ1v) is 8.38. The van der Waals surface area contributed by atoms with Crippen molar-refractivity contribution in [3.8, 4) is 17.1 Å². The lowest BCUT2D eigenvalue weighted by Crippen LogP contribution is -2.10. The van der Waals surface area contributed by atoms with Crippen LogP contribution in [0.15, 0.2) is 35.1 Å². The minimum atomic E-state index is -4.62. The molecule has 1 aliphatic carbocycles. The zero-order chi connectivity index (χ0) is 17.6. The van der Waals surface area contributed by atoms with Crippen molar-refractivity contribution >= 4 is 15.9 Å². The van der Waals surface area contributed by atoms with Crippen LogP contribution in [0.3, 0.4) is 0 Å². The third-order valence-corrected chi connectivity index (χ3v) is 4.58. The number of aromatic nitrogens is 5. The normalized spacial score (nSPS) is 13.9. The molecule has 9 heteroatoms. The molecule has 5 nitrogen and oxygen atoms in total. The molecule has 2 heterocycles. The fourth-order valence-electron chi connectivity index (χ4n) is 2.94. The quantitative estimate of drug-likeness (QED) is 0.609. The third kappa shape index (κ3) is 2.92. The number of alkyl halides is 3. The van der Waals surface area contributed by atoms with E-state index in [1.807, 2.05) is 18.2 Å². The first-order chi connectivity index (χ1) is 11.9. The summed E-state index contributed by atoms with van der Waals surface area (Å²) in [4.78, 5) is 3.40. The number of fused-ring (bicyclic) bond motifs is 3. The summed E-state index contributed by atoms with van der Waals surface area (Å²) in [5.74, 6) is -1.02. The number of hydrogen-bond acceptors (Lipinski definition) is 4. The predicted molar refractivity (Wildman–Crippen MR) is 87.1 cm³/mol. The van der Waals surface area contributed by atoms with E-state index in [1.165, 1.54) is 5.56 Å². The average Bonchev–Trinajstić information content (AvgIpc) is 2.88. The Kier molecular flexibility index (Phi) is 3.82. The lowest BCUT2D eigenvalue weighted by molar-refractivity contribution is -0.144. The van der Waals surface area contributed by atoms with Crippen molar-refractivity contribution in [2.75, 3.05) is 0 Å². The Morgan fingerprint density at radius 1 is 1.04 bits per heavy atom. The Morgan fingerprint density at radius 3 is 2.56 bits per heavy atom. The molecule has 1 aromatic carbocycles. The second kappa shape index (κ2) is 5.91. The molecule has 2 aromatic heterocycles. The zero-order valence-electron chi connectivity index (χ0n) is 12.8. The van der Waals surface area contributed by atoms with E-state index in [0.717, 1.165) is 40.8 Å². The van der Waals surface area contributed by atoms with Crippen molar-refractivity contribution in [1.82, 2.24) is 25.0 Å². The lowest BCUT2D eigenvalue weighted by atomic mass is 10.0. The van der Waals surface area contributed by atoms with Gasteiger partial charge in [0.1, 0.15) is 0 Å². The third-order valence-electron chi connectivity index (χ3n) is 4.06. The smallest absolute Gasteiger partial charge is 0.196 e. The number of benzene rings is 1. The largest absolute Gasteiger partial charge is 0.453 e. The Balaban J connectivity index is 1.81. The standard InChI is InChI=1S/C16H11BrF3N5/c17-15-21-14(16(18,19)20)24-25(15)12-8-10-6-3-5-9-4-1-2-7-11(9)13(10)23-22-12/h1-2,4,7-8H,3,5-6H2. The predicted octanol–water partition coefficient (Wildman–Crippen LogP) is 3.99. The van der Waals surface area contributed by atoms with Gasteiger partial charge >= 0.3 is 6.18 Å². The van der Waals surface area contributed by atoms with E-state index in [0.29, 0.717) is 0 Å². The molecule has 0 unspecified atom stereocenters. The maximum absolute atomic E-state index is 12.8. The number of rotatable bonds is 1. The molecule has 0 N–H and O–H groups in total. The van der Waals surface area contributed by atoms with Crippen molar-refractivity contribution in [3.05, 3.63) is 52.0 Å². The summed E-state index contributed by atoms with van der Waals surface area (Å²) in [6.45, 7) is 0. The van der Waals surface area contributed by atoms with Gasteiger partial charge in [-0.25, -0.2) is 0 Å². The van der Waals surface area contributed by atoms with Crippen LogP contribution in [0.5, 0.6) is 0 Å². The molecule has 128 valence electrons. The van der Waals surface area contributed by atoms with Crippen molar-refractivity contribution in [2.24, 2.45) is 0 Å². The molecular weight excluding hydrogens is 399 g/mol. The van der Waals surface area contributed by atoms with Gasteiger partial charge in [0.2, 0.25) is 4.73 Å². The van der Waals surface area contributed by atoms with Gasteiger partial charge < -0.3 is 0 Å². The van der Waals surface area contributed by atoms with Gasteiger partial charge in [-0.1, -0.05) is 24.3 Å². The lowest BCUT2D eigenvalue weighted by Gasteiger charge is -2.09. The Bertz CT molecular complexity index is 951. The molecule has 0 amide bonds. The molecule has 4 rings (SSSR count). The van der Waals surface area contributed by atoms with Crippen molar-refractivity contribution in [3.63, 3.8) is 0 Å². The van der Waals surface area contributed by atoms with Gasteiger partial charge in [0.15, 0.2) is 5.82 Å². The summed E-state index contributed by atoms with van der Waals surface area (Å²) >= 11 is 3.01. The van der Waals surface area contributed by atoms with Crippen LogP contribution >= 0.6 is 15.9 Å². The monoisotopic (exact) mass is 409 g/mol. The van der Waals surface area contributed by atoms with Gasteiger partial charge in [0.05, 0.1) is 5.69 Å². The van der Waals surface area contributed by atoms with Crippen LogP contribution in [0.1, 0.15) is 23.4 Å². The zero-order valence-corrected chi connectivity index (χ0v) is 14.3. The van der Waals surface area contributed by atoms with Crippen LogP contribution in [0.25, 0.3) is 17.1 Å². The number of nitrogens with zero attached hydrogens (tertiary/aromatic N) is 5. The van der Waals surface area contributed by atoms with E-state index in [2.05, 4.69) is 42.3 Å². The molecule has 25 heavy (non-hydrogen) atoms. The summed E-state index contributed by atoms with van der Waals surface area (Å²) in [6.07, 6.45) is -1.99. The summed E-state index contributed by atoms with van der Waals surface area (Å²) < 4.78 is 39.3. The maximum Gasteiger partial charge on any atom is 0.453 e. The van der Waals surface area contributed by atoms with Gasteiger partial charge in [-0.3, -0.25) is 0 Å². The first-order valence-electron chi connectivity index (χ1n) is 7.58. The van der Waals surface area contributed by atoms with Crippen LogP contribution in [0.2, 0.25) is 0 Å². The molecule has 0 fully saturated rings. The molecule has 0 saturated heterocycles. The second-order valence-corrected chi connectivity index (χ2v) is 6.41. The molecule has 0 saturated carbocycles. The molecular formula is C16H11BrF3N5. The van der Waals surface area contributed by atoms with Crippen LogP contribution in [0.4, 0.5) is 13.2 Å². The number of hydrogen-bond donors (Lipinski definition) is 0. The van der Waals surface area contributed by atoms with Crippen molar-refractivity contribution < 1.29 is 13.2 Å². The van der Waals surface area contributed by atoms with E-state index in [9.17, 15) is 13.2 Å². The first kappa shape index (κ1) is 16.2. The molecule has 0 atom stereocenters. The number of halogens is 4. The Morgan fingerprint density at radius 2 is 1.80 bits per heavy atom. The van der Waals surface area contributed by atoms with E-state index < -0.39 is 12.0 Å². The van der Waals surface area contributed by atoms with Crippen LogP contribution < -0.4 is 0 Å². The van der Waals surface area contributed by atoms with Crippen LogP contribution in [-0.4, -0.2) is 25.0 Å². The highest BCUT2D eigenvalue weighted by Crippen LogP contribution is 2.32. The number of aryl methyl sites for hydroxylation is 2. The Hall–Kier alpha value is -2.29. The fraction of sp³-hybridized carbons (Fsp3) is 0.250. The highest BCUT2D eigenvalue weighted by atomic mass is 79.9. The van der Waals surface area contributed by atoms with Gasteiger partial charge in [-0.2, -0.15) is 22.8 Å². The van der Waals surface area contributed by atoms with E-state index >= 15 is 0 Å². The topological polar surface area (TPSA) is 56.5 Å².